The number of ether oxygens (including phenoxy) is 1. The zero-order chi connectivity index (χ0) is 15.9. The second kappa shape index (κ2) is 7.51. The van der Waals surface area contributed by atoms with E-state index in [1.165, 1.54) is 12.4 Å². The summed E-state index contributed by atoms with van der Waals surface area (Å²) < 4.78 is 4.88. The highest BCUT2D eigenvalue weighted by atomic mass is 16.5. The van der Waals surface area contributed by atoms with E-state index in [1.54, 1.807) is 7.11 Å². The summed E-state index contributed by atoms with van der Waals surface area (Å²) in [4.78, 5) is 20.2. The Hall–Kier alpha value is -2.47. The van der Waals surface area contributed by atoms with Gasteiger partial charge in [-0.1, -0.05) is 12.1 Å². The van der Waals surface area contributed by atoms with E-state index in [2.05, 4.69) is 26.7 Å². The number of benzene rings is 1. The molecule has 0 aliphatic carbocycles. The van der Waals surface area contributed by atoms with Crippen LogP contribution in [0.25, 0.3) is 0 Å². The van der Waals surface area contributed by atoms with Crippen LogP contribution in [0.3, 0.4) is 0 Å². The number of anilines is 2. The van der Waals surface area contributed by atoms with Crippen LogP contribution in [0, 0.1) is 13.8 Å². The Bertz CT molecular complexity index is 641. The van der Waals surface area contributed by atoms with E-state index in [0.717, 1.165) is 16.8 Å². The van der Waals surface area contributed by atoms with Crippen molar-refractivity contribution >= 4 is 17.5 Å². The lowest BCUT2D eigenvalue weighted by Gasteiger charge is -2.09. The maximum Gasteiger partial charge on any atom is 0.254 e. The normalized spacial score (nSPS) is 10.3. The van der Waals surface area contributed by atoms with E-state index in [9.17, 15) is 4.79 Å². The van der Waals surface area contributed by atoms with E-state index in [-0.39, 0.29) is 5.91 Å². The smallest absolute Gasteiger partial charge is 0.254 e. The fourth-order valence-corrected chi connectivity index (χ4v) is 1.87. The second-order valence-electron chi connectivity index (χ2n) is 4.99. The van der Waals surface area contributed by atoms with Crippen LogP contribution >= 0.6 is 0 Å². The molecular formula is C16H20N4O2. The third-order valence-electron chi connectivity index (χ3n) is 3.15. The number of methoxy groups -OCH3 is 1. The van der Waals surface area contributed by atoms with Crippen molar-refractivity contribution in [2.24, 2.45) is 0 Å². The Morgan fingerprint density at radius 3 is 2.64 bits per heavy atom. The predicted molar refractivity (Wildman–Crippen MR) is 85.4 cm³/mol. The highest BCUT2D eigenvalue weighted by Gasteiger charge is 2.07. The molecule has 2 N–H and O–H groups in total. The first-order valence-electron chi connectivity index (χ1n) is 7.03. The fraction of sp³-hybridized carbons (Fsp3) is 0.312. The quantitative estimate of drug-likeness (QED) is 0.800. The topological polar surface area (TPSA) is 76.1 Å². The van der Waals surface area contributed by atoms with Crippen LogP contribution in [0.4, 0.5) is 11.6 Å². The van der Waals surface area contributed by atoms with Gasteiger partial charge in [-0.3, -0.25) is 4.79 Å². The highest BCUT2D eigenvalue weighted by molar-refractivity contribution is 5.93. The van der Waals surface area contributed by atoms with Crippen molar-refractivity contribution in [1.82, 2.24) is 15.3 Å². The molecule has 2 rings (SSSR count). The maximum atomic E-state index is 11.8. The lowest BCUT2D eigenvalue weighted by Crippen LogP contribution is -2.27. The molecule has 0 saturated heterocycles. The molecule has 0 radical (unpaired) electrons. The van der Waals surface area contributed by atoms with E-state index in [0.29, 0.717) is 24.7 Å². The van der Waals surface area contributed by atoms with Crippen molar-refractivity contribution in [2.45, 2.75) is 13.8 Å². The summed E-state index contributed by atoms with van der Waals surface area (Å²) in [5, 5.41) is 5.88. The molecule has 0 saturated carbocycles. The van der Waals surface area contributed by atoms with Gasteiger partial charge in [0.05, 0.1) is 12.2 Å². The molecule has 0 atom stereocenters. The van der Waals surface area contributed by atoms with Crippen molar-refractivity contribution in [3.63, 3.8) is 0 Å². The molecule has 1 aromatic carbocycles. The molecule has 1 amide bonds. The second-order valence-corrected chi connectivity index (χ2v) is 4.99. The van der Waals surface area contributed by atoms with E-state index >= 15 is 0 Å². The Morgan fingerprint density at radius 2 is 1.95 bits per heavy atom. The average molecular weight is 300 g/mol. The number of hydrogen-bond donors (Lipinski definition) is 2. The van der Waals surface area contributed by atoms with Crippen molar-refractivity contribution in [2.75, 3.05) is 25.6 Å². The monoisotopic (exact) mass is 300 g/mol. The molecule has 0 bridgehead atoms. The molecular weight excluding hydrogens is 280 g/mol. The number of nitrogens with one attached hydrogen (secondary N) is 2. The minimum atomic E-state index is -0.213. The van der Waals surface area contributed by atoms with E-state index in [4.69, 9.17) is 4.74 Å². The largest absolute Gasteiger partial charge is 0.383 e. The molecule has 0 aliphatic rings. The van der Waals surface area contributed by atoms with Crippen LogP contribution in [-0.2, 0) is 4.74 Å². The summed E-state index contributed by atoms with van der Waals surface area (Å²) >= 11 is 0. The van der Waals surface area contributed by atoms with Gasteiger partial charge in [-0.25, -0.2) is 9.97 Å². The summed E-state index contributed by atoms with van der Waals surface area (Å²) in [6, 6.07) is 6.12. The molecule has 0 aliphatic heterocycles. The summed E-state index contributed by atoms with van der Waals surface area (Å²) in [5.41, 5.74) is 3.64. The first-order valence-corrected chi connectivity index (χ1v) is 7.03. The van der Waals surface area contributed by atoms with Crippen molar-refractivity contribution in [1.29, 1.82) is 0 Å². The van der Waals surface area contributed by atoms with Crippen molar-refractivity contribution in [3.8, 4) is 0 Å². The van der Waals surface area contributed by atoms with Gasteiger partial charge >= 0.3 is 0 Å². The highest BCUT2D eigenvalue weighted by Crippen LogP contribution is 2.19. The Kier molecular flexibility index (Phi) is 5.43. The molecule has 6 nitrogen and oxygen atoms in total. The lowest BCUT2D eigenvalue weighted by atomic mass is 10.1. The van der Waals surface area contributed by atoms with Crippen LogP contribution in [0.15, 0.2) is 30.6 Å². The Morgan fingerprint density at radius 1 is 1.23 bits per heavy atom. The molecule has 0 unspecified atom stereocenters. The summed E-state index contributed by atoms with van der Waals surface area (Å²) in [6.45, 7) is 4.97. The third-order valence-corrected chi connectivity index (χ3v) is 3.15. The molecule has 0 spiro atoms. The average Bonchev–Trinajstić information content (AvgIpc) is 2.52. The summed E-state index contributed by atoms with van der Waals surface area (Å²) in [5.74, 6) is 0.248. The first kappa shape index (κ1) is 15.9. The molecule has 0 fully saturated rings. The van der Waals surface area contributed by atoms with Crippen molar-refractivity contribution in [3.05, 3.63) is 47.3 Å². The van der Waals surface area contributed by atoms with Gasteiger partial charge in [-0.15, -0.1) is 0 Å². The van der Waals surface area contributed by atoms with Gasteiger partial charge in [-0.05, 0) is 31.0 Å². The zero-order valence-corrected chi connectivity index (χ0v) is 13.0. The summed E-state index contributed by atoms with van der Waals surface area (Å²) in [6.07, 6.45) is 3.01. The van der Waals surface area contributed by atoms with Gasteiger partial charge < -0.3 is 15.4 Å². The van der Waals surface area contributed by atoms with Gasteiger partial charge in [0.2, 0.25) is 5.95 Å². The van der Waals surface area contributed by atoms with Crippen LogP contribution < -0.4 is 10.6 Å². The van der Waals surface area contributed by atoms with Gasteiger partial charge in [0, 0.05) is 31.7 Å². The van der Waals surface area contributed by atoms with E-state index in [1.807, 2.05) is 26.0 Å². The first-order chi connectivity index (χ1) is 10.6. The predicted octanol–water partition coefficient (Wildman–Crippen LogP) is 2.21. The Labute approximate surface area is 129 Å². The lowest BCUT2D eigenvalue weighted by molar-refractivity contribution is 0.0936. The van der Waals surface area contributed by atoms with Crippen LogP contribution in [0.1, 0.15) is 21.5 Å². The van der Waals surface area contributed by atoms with Gasteiger partial charge in [-0.2, -0.15) is 0 Å². The molecule has 1 heterocycles. The van der Waals surface area contributed by atoms with Gasteiger partial charge in [0.15, 0.2) is 0 Å². The number of carbonyl (C=O) groups excluding carboxylic acids is 1. The number of aryl methyl sites for hydroxylation is 2. The summed E-state index contributed by atoms with van der Waals surface area (Å²) in [7, 11) is 1.59. The molecule has 1 aromatic heterocycles. The number of hydrogen-bond acceptors (Lipinski definition) is 5. The standard InChI is InChI=1S/C16H20N4O2/c1-11-4-5-12(2)14(8-11)20-16-18-9-13(10-19-16)15(21)17-6-7-22-3/h4-5,8-10H,6-7H2,1-3H3,(H,17,21)(H,18,19,20). The molecule has 116 valence electrons. The Balaban J connectivity index is 2.02. The third kappa shape index (κ3) is 4.26. The molecule has 22 heavy (non-hydrogen) atoms. The number of aromatic nitrogens is 2. The fourth-order valence-electron chi connectivity index (χ4n) is 1.87. The van der Waals surface area contributed by atoms with E-state index < -0.39 is 0 Å². The molecule has 6 heteroatoms. The number of nitrogens with zero attached hydrogens (tertiary/aromatic N) is 2. The number of rotatable bonds is 6. The zero-order valence-electron chi connectivity index (χ0n) is 13.0. The van der Waals surface area contributed by atoms with Crippen LogP contribution in [-0.4, -0.2) is 36.1 Å². The van der Waals surface area contributed by atoms with Crippen LogP contribution in [0.2, 0.25) is 0 Å². The number of amides is 1. The van der Waals surface area contributed by atoms with Crippen LogP contribution in [0.5, 0.6) is 0 Å². The minimum absolute atomic E-state index is 0.213. The minimum Gasteiger partial charge on any atom is -0.383 e. The SMILES string of the molecule is COCCNC(=O)c1cnc(Nc2cc(C)ccc2C)nc1. The van der Waals surface area contributed by atoms with Crippen molar-refractivity contribution < 1.29 is 9.53 Å². The van der Waals surface area contributed by atoms with Gasteiger partial charge in [0.25, 0.3) is 5.91 Å². The van der Waals surface area contributed by atoms with Gasteiger partial charge in [0.1, 0.15) is 0 Å². The maximum absolute atomic E-state index is 11.8. The number of carbonyl (C=O) groups is 1. The molecule has 2 aromatic rings.